The molecule has 1 heterocycles. The van der Waals surface area contributed by atoms with Crippen LogP contribution in [-0.2, 0) is 11.0 Å². The van der Waals surface area contributed by atoms with Crippen molar-refractivity contribution in [3.8, 4) is 0 Å². The van der Waals surface area contributed by atoms with Crippen LogP contribution in [0.15, 0.2) is 36.4 Å². The average molecular weight is 263 g/mol. The van der Waals surface area contributed by atoms with Gasteiger partial charge in [-0.1, -0.05) is 47.4 Å². The maximum atomic E-state index is 12.4. The van der Waals surface area contributed by atoms with Gasteiger partial charge >= 0.3 is 7.80 Å². The number of rotatable bonds is 4. The summed E-state index contributed by atoms with van der Waals surface area (Å²) in [6, 6.07) is 11.8. The highest BCUT2D eigenvalue weighted by atomic mass is 32.1. The molecule has 0 N–H and O–H groups in total. The zero-order valence-corrected chi connectivity index (χ0v) is 11.9. The van der Waals surface area contributed by atoms with Crippen molar-refractivity contribution in [2.75, 3.05) is 0 Å². The summed E-state index contributed by atoms with van der Waals surface area (Å²) < 4.78 is 13.4. The van der Waals surface area contributed by atoms with Crippen molar-refractivity contribution in [1.82, 2.24) is 0 Å². The Labute approximate surface area is 107 Å². The highest BCUT2D eigenvalue weighted by Gasteiger charge is 2.26. The van der Waals surface area contributed by atoms with E-state index >= 15 is 0 Å². The van der Waals surface area contributed by atoms with E-state index in [0.29, 0.717) is 0 Å². The first kappa shape index (κ1) is 12.5. The largest absolute Gasteiger partial charge is 0.426 e. The first-order valence-electron chi connectivity index (χ1n) is 5.84. The van der Waals surface area contributed by atoms with Gasteiger partial charge in [0, 0.05) is 10.9 Å². The maximum absolute atomic E-state index is 12.4. The zero-order valence-electron chi connectivity index (χ0n) is 10.1. The molecule has 0 bridgehead atoms. The fraction of sp³-hybridized carbons (Fsp3) is 0.286. The summed E-state index contributed by atoms with van der Waals surface area (Å²) in [4.78, 5) is 1.31. The van der Waals surface area contributed by atoms with Crippen molar-refractivity contribution >= 4 is 29.1 Å². The summed E-state index contributed by atoms with van der Waals surface area (Å²) in [6.45, 7) is 4.29. The van der Waals surface area contributed by atoms with Gasteiger partial charge in [-0.05, 0) is 31.0 Å². The Hall–Kier alpha value is -0.980. The average Bonchev–Trinajstić information content (AvgIpc) is 2.72. The van der Waals surface area contributed by atoms with Crippen molar-refractivity contribution in [2.45, 2.75) is 26.7 Å². The minimum Gasteiger partial charge on any atom is -0.0926 e. The molecule has 2 rings (SSSR count). The van der Waals surface area contributed by atoms with Gasteiger partial charge in [0.15, 0.2) is 5.30 Å². The van der Waals surface area contributed by atoms with Crippen molar-refractivity contribution < 1.29 is 4.57 Å². The van der Waals surface area contributed by atoms with E-state index in [4.69, 9.17) is 0 Å². The van der Waals surface area contributed by atoms with Crippen molar-refractivity contribution in [2.24, 2.45) is 0 Å². The summed E-state index contributed by atoms with van der Waals surface area (Å²) in [5.41, 5.74) is 1.35. The smallest absolute Gasteiger partial charge is 0.0926 e. The Balaban J connectivity index is 2.29. The number of aryl methyl sites for hydroxylation is 2. The zero-order chi connectivity index (χ0) is 12.3. The minimum absolute atomic E-state index is 0.923. The molecule has 0 spiro atoms. The number of benzene rings is 1. The molecule has 0 saturated carbocycles. The van der Waals surface area contributed by atoms with E-state index in [1.807, 2.05) is 30.3 Å². The predicted molar refractivity (Wildman–Crippen MR) is 76.4 cm³/mol. The first-order valence-corrected chi connectivity index (χ1v) is 7.91. The molecule has 88 valence electrons. The van der Waals surface area contributed by atoms with E-state index in [0.717, 1.165) is 22.8 Å². The van der Waals surface area contributed by atoms with E-state index in [2.05, 4.69) is 19.9 Å². The molecule has 0 aliphatic carbocycles. The van der Waals surface area contributed by atoms with Gasteiger partial charge in [-0.2, -0.15) is 0 Å². The van der Waals surface area contributed by atoms with Gasteiger partial charge in [-0.3, -0.25) is 0 Å². The predicted octanol–water partition coefficient (Wildman–Crippen LogP) is 3.79. The summed E-state index contributed by atoms with van der Waals surface area (Å²) in [5.74, 6) is 0. The molecule has 1 nitrogen and oxygen atoms in total. The van der Waals surface area contributed by atoms with Gasteiger partial charge in [0.2, 0.25) is 4.62 Å². The SMILES string of the molecule is CCCc1cc([P+](=O)c2ccccc2)sc1C. The molecule has 3 heteroatoms. The van der Waals surface area contributed by atoms with Gasteiger partial charge < -0.3 is 0 Å². The van der Waals surface area contributed by atoms with Gasteiger partial charge in [-0.15, -0.1) is 0 Å². The van der Waals surface area contributed by atoms with Crippen LogP contribution >= 0.6 is 19.1 Å². The lowest BCUT2D eigenvalue weighted by molar-refractivity contribution is 0.598. The Morgan fingerprint density at radius 2 is 1.94 bits per heavy atom. The standard InChI is InChI=1S/C14H16OPS/c1-3-7-12-10-14(17-11(12)2)16(15)13-8-5-4-6-9-13/h4-6,8-10H,3,7H2,1-2H3/q+1. The minimum atomic E-state index is -1.41. The van der Waals surface area contributed by atoms with Crippen LogP contribution in [0.3, 0.4) is 0 Å². The second-order valence-electron chi connectivity index (χ2n) is 4.05. The maximum Gasteiger partial charge on any atom is 0.426 e. The second-order valence-corrected chi connectivity index (χ2v) is 7.19. The van der Waals surface area contributed by atoms with Gasteiger partial charge in [0.1, 0.15) is 0 Å². The first-order chi connectivity index (χ1) is 8.22. The third kappa shape index (κ3) is 2.83. The molecule has 0 radical (unpaired) electrons. The quantitative estimate of drug-likeness (QED) is 0.767. The fourth-order valence-corrected chi connectivity index (χ4v) is 4.65. The van der Waals surface area contributed by atoms with Gasteiger partial charge in [0.25, 0.3) is 0 Å². The van der Waals surface area contributed by atoms with E-state index < -0.39 is 7.80 Å². The third-order valence-corrected chi connectivity index (χ3v) is 5.68. The van der Waals surface area contributed by atoms with Crippen LogP contribution in [0, 0.1) is 6.92 Å². The van der Waals surface area contributed by atoms with Crippen LogP contribution in [0.25, 0.3) is 0 Å². The topological polar surface area (TPSA) is 17.1 Å². The molecule has 1 aromatic heterocycles. The Morgan fingerprint density at radius 1 is 1.24 bits per heavy atom. The van der Waals surface area contributed by atoms with Gasteiger partial charge in [0.05, 0.1) is 0 Å². The normalized spacial score (nSPS) is 11.5. The molecule has 2 aromatic rings. The molecular weight excluding hydrogens is 247 g/mol. The molecule has 0 aliphatic rings. The van der Waals surface area contributed by atoms with Crippen LogP contribution in [0.2, 0.25) is 0 Å². The summed E-state index contributed by atoms with van der Waals surface area (Å²) in [6.07, 6.45) is 2.22. The molecular formula is C14H16OPS+. The molecule has 1 atom stereocenters. The van der Waals surface area contributed by atoms with Crippen molar-refractivity contribution in [1.29, 1.82) is 0 Å². The lowest BCUT2D eigenvalue weighted by atomic mass is 10.2. The van der Waals surface area contributed by atoms with Crippen LogP contribution in [-0.4, -0.2) is 0 Å². The van der Waals surface area contributed by atoms with E-state index in [9.17, 15) is 4.57 Å². The molecule has 1 aromatic carbocycles. The molecule has 0 aliphatic heterocycles. The van der Waals surface area contributed by atoms with Crippen LogP contribution in [0.5, 0.6) is 0 Å². The third-order valence-electron chi connectivity index (χ3n) is 2.72. The molecule has 0 fully saturated rings. The number of hydrogen-bond acceptors (Lipinski definition) is 2. The molecule has 1 unspecified atom stereocenters. The van der Waals surface area contributed by atoms with Crippen LogP contribution in [0.4, 0.5) is 0 Å². The van der Waals surface area contributed by atoms with Gasteiger partial charge in [-0.25, -0.2) is 0 Å². The lowest BCUT2D eigenvalue weighted by Crippen LogP contribution is -2.02. The summed E-state index contributed by atoms with van der Waals surface area (Å²) >= 11 is 1.67. The highest BCUT2D eigenvalue weighted by Crippen LogP contribution is 2.27. The van der Waals surface area contributed by atoms with Crippen LogP contribution in [0.1, 0.15) is 23.8 Å². The van der Waals surface area contributed by atoms with E-state index in [1.165, 1.54) is 10.4 Å². The lowest BCUT2D eigenvalue weighted by Gasteiger charge is -1.91. The Kier molecular flexibility index (Phi) is 4.09. The number of hydrogen-bond donors (Lipinski definition) is 0. The number of thiophene rings is 1. The molecule has 0 amide bonds. The van der Waals surface area contributed by atoms with Crippen LogP contribution < -0.4 is 9.92 Å². The van der Waals surface area contributed by atoms with E-state index in [-0.39, 0.29) is 0 Å². The highest BCUT2D eigenvalue weighted by molar-refractivity contribution is 7.68. The fourth-order valence-electron chi connectivity index (χ4n) is 1.81. The summed E-state index contributed by atoms with van der Waals surface area (Å²) in [5, 5.41) is 0.923. The summed E-state index contributed by atoms with van der Waals surface area (Å²) in [7, 11) is -1.41. The van der Waals surface area contributed by atoms with E-state index in [1.54, 1.807) is 11.3 Å². The molecule has 0 saturated heterocycles. The molecule has 17 heavy (non-hydrogen) atoms. The van der Waals surface area contributed by atoms with Crippen molar-refractivity contribution in [3.05, 3.63) is 46.8 Å². The monoisotopic (exact) mass is 263 g/mol. The Morgan fingerprint density at radius 3 is 2.59 bits per heavy atom. The Bertz CT molecular complexity index is 516. The second kappa shape index (κ2) is 5.57. The van der Waals surface area contributed by atoms with Crippen molar-refractivity contribution in [3.63, 3.8) is 0 Å².